The summed E-state index contributed by atoms with van der Waals surface area (Å²) in [7, 11) is 0. The predicted molar refractivity (Wildman–Crippen MR) is 79.7 cm³/mol. The third kappa shape index (κ3) is 2.81. The second-order valence-electron chi connectivity index (χ2n) is 6.08. The molecule has 94 valence electrons. The largest absolute Gasteiger partial charge is 0.0622 e. The Labute approximate surface area is 111 Å². The summed E-state index contributed by atoms with van der Waals surface area (Å²) in [5.41, 5.74) is 4.31. The summed E-state index contributed by atoms with van der Waals surface area (Å²) in [6.07, 6.45) is 0. The zero-order valence-electron chi connectivity index (χ0n) is 11.8. The fourth-order valence-electron chi connectivity index (χ4n) is 2.09. The van der Waals surface area contributed by atoms with Crippen molar-refractivity contribution in [3.63, 3.8) is 0 Å². The fraction of sp³-hybridized carbons (Fsp3) is 0.333. The van der Waals surface area contributed by atoms with Crippen molar-refractivity contribution in [2.75, 3.05) is 0 Å². The van der Waals surface area contributed by atoms with Gasteiger partial charge in [0.25, 0.3) is 0 Å². The molecule has 0 aliphatic rings. The Hall–Kier alpha value is -1.56. The maximum absolute atomic E-state index is 2.30. The zero-order chi connectivity index (χ0) is 13.2. The van der Waals surface area contributed by atoms with E-state index in [4.69, 9.17) is 0 Å². The van der Waals surface area contributed by atoms with Crippen molar-refractivity contribution in [1.82, 2.24) is 0 Å². The van der Waals surface area contributed by atoms with E-state index in [9.17, 15) is 0 Å². The minimum atomic E-state index is 0.314. The standard InChI is InChI=1S/C18H22/c1-14(18(2,3)4)15-10-12-17(13-11-15)16-8-6-5-7-9-16/h5-14H,1-4H3. The maximum Gasteiger partial charge on any atom is -0.0142 e. The smallest absolute Gasteiger partial charge is 0.0142 e. The van der Waals surface area contributed by atoms with Crippen LogP contribution in [0.1, 0.15) is 39.2 Å². The Morgan fingerprint density at radius 2 is 1.22 bits per heavy atom. The van der Waals surface area contributed by atoms with Crippen LogP contribution in [0.2, 0.25) is 0 Å². The molecule has 0 aliphatic carbocycles. The average molecular weight is 238 g/mol. The second kappa shape index (κ2) is 4.97. The summed E-state index contributed by atoms with van der Waals surface area (Å²) in [4.78, 5) is 0. The maximum atomic E-state index is 2.30. The molecule has 2 aromatic rings. The van der Waals surface area contributed by atoms with Crippen LogP contribution in [0.15, 0.2) is 54.6 Å². The van der Waals surface area contributed by atoms with Crippen LogP contribution in [-0.4, -0.2) is 0 Å². The van der Waals surface area contributed by atoms with Crippen molar-refractivity contribution < 1.29 is 0 Å². The minimum Gasteiger partial charge on any atom is -0.0622 e. The summed E-state index contributed by atoms with van der Waals surface area (Å²) in [6.45, 7) is 9.19. The average Bonchev–Trinajstić information content (AvgIpc) is 2.38. The number of hydrogen-bond acceptors (Lipinski definition) is 0. The first-order valence-corrected chi connectivity index (χ1v) is 6.64. The molecule has 1 atom stereocenters. The normalized spacial score (nSPS) is 13.3. The van der Waals surface area contributed by atoms with Gasteiger partial charge in [0.05, 0.1) is 0 Å². The highest BCUT2D eigenvalue weighted by Gasteiger charge is 2.21. The van der Waals surface area contributed by atoms with Crippen LogP contribution in [0.3, 0.4) is 0 Å². The van der Waals surface area contributed by atoms with Crippen molar-refractivity contribution in [2.24, 2.45) is 5.41 Å². The van der Waals surface area contributed by atoms with Gasteiger partial charge < -0.3 is 0 Å². The zero-order valence-corrected chi connectivity index (χ0v) is 11.8. The molecule has 0 heterocycles. The molecule has 2 rings (SSSR count). The van der Waals surface area contributed by atoms with Gasteiger partial charge in [0.1, 0.15) is 0 Å². The summed E-state index contributed by atoms with van der Waals surface area (Å²) < 4.78 is 0. The van der Waals surface area contributed by atoms with Gasteiger partial charge in [-0.25, -0.2) is 0 Å². The molecule has 0 aliphatic heterocycles. The molecule has 0 spiro atoms. The molecular weight excluding hydrogens is 216 g/mol. The Balaban J connectivity index is 2.26. The van der Waals surface area contributed by atoms with Crippen LogP contribution in [-0.2, 0) is 0 Å². The van der Waals surface area contributed by atoms with E-state index < -0.39 is 0 Å². The lowest BCUT2D eigenvalue weighted by molar-refractivity contribution is 0.339. The molecule has 0 saturated heterocycles. The minimum absolute atomic E-state index is 0.314. The van der Waals surface area contributed by atoms with E-state index in [1.54, 1.807) is 0 Å². The van der Waals surface area contributed by atoms with Crippen LogP contribution in [0.5, 0.6) is 0 Å². The number of benzene rings is 2. The van der Waals surface area contributed by atoms with Gasteiger partial charge in [0, 0.05) is 0 Å². The van der Waals surface area contributed by atoms with Crippen LogP contribution in [0.4, 0.5) is 0 Å². The molecular formula is C18H22. The van der Waals surface area contributed by atoms with Gasteiger partial charge in [0.2, 0.25) is 0 Å². The lowest BCUT2D eigenvalue weighted by Gasteiger charge is -2.27. The Kier molecular flexibility index (Phi) is 3.56. The molecule has 0 amide bonds. The van der Waals surface area contributed by atoms with E-state index >= 15 is 0 Å². The Morgan fingerprint density at radius 3 is 1.72 bits per heavy atom. The Morgan fingerprint density at radius 1 is 0.722 bits per heavy atom. The quantitative estimate of drug-likeness (QED) is 0.647. The SMILES string of the molecule is CC(c1ccc(-c2ccccc2)cc1)C(C)(C)C. The first-order chi connectivity index (χ1) is 8.48. The predicted octanol–water partition coefficient (Wildman–Crippen LogP) is 5.50. The van der Waals surface area contributed by atoms with Gasteiger partial charge in [-0.15, -0.1) is 0 Å². The number of hydrogen-bond donors (Lipinski definition) is 0. The monoisotopic (exact) mass is 238 g/mol. The summed E-state index contributed by atoms with van der Waals surface area (Å²) in [6, 6.07) is 19.5. The summed E-state index contributed by atoms with van der Waals surface area (Å²) >= 11 is 0. The lowest BCUT2D eigenvalue weighted by atomic mass is 9.77. The first kappa shape index (κ1) is 12.9. The van der Waals surface area contributed by atoms with E-state index in [-0.39, 0.29) is 0 Å². The Bertz CT molecular complexity index is 486. The third-order valence-corrected chi connectivity index (χ3v) is 3.82. The molecule has 0 bridgehead atoms. The highest BCUT2D eigenvalue weighted by molar-refractivity contribution is 5.63. The van der Waals surface area contributed by atoms with Gasteiger partial charge in [-0.3, -0.25) is 0 Å². The molecule has 0 radical (unpaired) electrons. The van der Waals surface area contributed by atoms with E-state index in [0.717, 1.165) is 0 Å². The highest BCUT2D eigenvalue weighted by Crippen LogP contribution is 2.35. The van der Waals surface area contributed by atoms with Crippen molar-refractivity contribution in [1.29, 1.82) is 0 Å². The first-order valence-electron chi connectivity index (χ1n) is 6.64. The molecule has 0 N–H and O–H groups in total. The van der Waals surface area contributed by atoms with Gasteiger partial charge in [-0.2, -0.15) is 0 Å². The fourth-order valence-corrected chi connectivity index (χ4v) is 2.09. The molecule has 18 heavy (non-hydrogen) atoms. The van der Waals surface area contributed by atoms with Crippen LogP contribution in [0, 0.1) is 5.41 Å². The molecule has 0 fully saturated rings. The van der Waals surface area contributed by atoms with Crippen molar-refractivity contribution in [3.05, 3.63) is 60.2 Å². The topological polar surface area (TPSA) is 0 Å². The van der Waals surface area contributed by atoms with Gasteiger partial charge in [-0.05, 0) is 28.0 Å². The molecule has 0 heteroatoms. The number of rotatable bonds is 2. The van der Waals surface area contributed by atoms with E-state index in [0.29, 0.717) is 11.3 Å². The molecule has 0 saturated carbocycles. The van der Waals surface area contributed by atoms with Crippen molar-refractivity contribution >= 4 is 0 Å². The van der Waals surface area contributed by atoms with Gasteiger partial charge in [0.15, 0.2) is 0 Å². The van der Waals surface area contributed by atoms with Crippen LogP contribution in [0.25, 0.3) is 11.1 Å². The highest BCUT2D eigenvalue weighted by atomic mass is 14.3. The summed E-state index contributed by atoms with van der Waals surface area (Å²) in [5, 5.41) is 0. The van der Waals surface area contributed by atoms with E-state index in [1.807, 2.05) is 0 Å². The summed E-state index contributed by atoms with van der Waals surface area (Å²) in [5.74, 6) is 0.572. The van der Waals surface area contributed by atoms with Gasteiger partial charge >= 0.3 is 0 Å². The molecule has 2 aromatic carbocycles. The van der Waals surface area contributed by atoms with E-state index in [2.05, 4.69) is 82.3 Å². The van der Waals surface area contributed by atoms with Crippen molar-refractivity contribution in [2.45, 2.75) is 33.6 Å². The van der Waals surface area contributed by atoms with Crippen molar-refractivity contribution in [3.8, 4) is 11.1 Å². The van der Waals surface area contributed by atoms with E-state index in [1.165, 1.54) is 16.7 Å². The third-order valence-electron chi connectivity index (χ3n) is 3.82. The van der Waals surface area contributed by atoms with Crippen LogP contribution >= 0.6 is 0 Å². The molecule has 0 aromatic heterocycles. The van der Waals surface area contributed by atoms with Gasteiger partial charge in [-0.1, -0.05) is 82.3 Å². The molecule has 0 nitrogen and oxygen atoms in total. The van der Waals surface area contributed by atoms with Crippen LogP contribution < -0.4 is 0 Å². The molecule has 1 unspecified atom stereocenters. The second-order valence-corrected chi connectivity index (χ2v) is 6.08. The lowest BCUT2D eigenvalue weighted by Crippen LogP contribution is -2.15.